The summed E-state index contributed by atoms with van der Waals surface area (Å²) in [6.45, 7) is 1.51. The van der Waals surface area contributed by atoms with Gasteiger partial charge >= 0.3 is 18.0 Å². The van der Waals surface area contributed by atoms with Crippen molar-refractivity contribution < 1.29 is 36.2 Å². The minimum Gasteiger partial charge on any atom is -0.508 e. The summed E-state index contributed by atoms with van der Waals surface area (Å²) in [6, 6.07) is 3.79. The molecule has 0 aromatic heterocycles. The van der Waals surface area contributed by atoms with Crippen molar-refractivity contribution in [3.63, 3.8) is 0 Å². The number of phenolic OH excluding ortho intramolecular Hbond substituents is 1. The molecule has 0 radical (unpaired) electrons. The van der Waals surface area contributed by atoms with E-state index in [0.717, 1.165) is 24.3 Å². The Balaban J connectivity index is 2.39. The molecule has 0 amide bonds. The molecular weight excluding hydrogens is 338 g/mol. The first-order valence-electron chi connectivity index (χ1n) is 7.06. The summed E-state index contributed by atoms with van der Waals surface area (Å²) in [4.78, 5) is 0. The molecule has 2 nitrogen and oxygen atoms in total. The van der Waals surface area contributed by atoms with Crippen LogP contribution in [0.1, 0.15) is 19.8 Å². The number of halogens is 6. The lowest BCUT2D eigenvalue weighted by Crippen LogP contribution is -2.51. The Labute approximate surface area is 134 Å². The van der Waals surface area contributed by atoms with Crippen LogP contribution < -0.4 is 4.74 Å². The van der Waals surface area contributed by atoms with Gasteiger partial charge in [-0.2, -0.15) is 26.3 Å². The van der Waals surface area contributed by atoms with Crippen molar-refractivity contribution in [3.05, 3.63) is 47.6 Å². The zero-order valence-corrected chi connectivity index (χ0v) is 12.5. The highest BCUT2D eigenvalue weighted by Gasteiger charge is 2.67. The fourth-order valence-corrected chi connectivity index (χ4v) is 2.27. The summed E-state index contributed by atoms with van der Waals surface area (Å²) in [7, 11) is 0. The van der Waals surface area contributed by atoms with Gasteiger partial charge in [0.15, 0.2) is 0 Å². The predicted molar refractivity (Wildman–Crippen MR) is 74.6 cm³/mol. The summed E-state index contributed by atoms with van der Waals surface area (Å²) < 4.78 is 88.2. The minimum atomic E-state index is -5.09. The van der Waals surface area contributed by atoms with Crippen molar-refractivity contribution in [2.45, 2.75) is 37.7 Å². The molecule has 1 aromatic rings. The van der Waals surface area contributed by atoms with Crippen molar-refractivity contribution >= 4 is 0 Å². The highest BCUT2D eigenvalue weighted by Crippen LogP contribution is 2.52. The van der Waals surface area contributed by atoms with Crippen LogP contribution in [-0.2, 0) is 0 Å². The Morgan fingerprint density at radius 3 is 2.12 bits per heavy atom. The highest BCUT2D eigenvalue weighted by molar-refractivity contribution is 5.41. The number of allylic oxidation sites excluding steroid dienone is 3. The molecule has 0 saturated carbocycles. The van der Waals surface area contributed by atoms with Gasteiger partial charge in [0, 0.05) is 5.57 Å². The van der Waals surface area contributed by atoms with Crippen molar-refractivity contribution in [1.82, 2.24) is 0 Å². The van der Waals surface area contributed by atoms with Crippen LogP contribution in [0.5, 0.6) is 11.5 Å². The van der Waals surface area contributed by atoms with Crippen LogP contribution in [-0.4, -0.2) is 23.1 Å². The van der Waals surface area contributed by atoms with Crippen LogP contribution >= 0.6 is 0 Å². The Morgan fingerprint density at radius 2 is 1.58 bits per heavy atom. The van der Waals surface area contributed by atoms with E-state index in [1.54, 1.807) is 0 Å². The summed E-state index contributed by atoms with van der Waals surface area (Å²) >= 11 is 0. The van der Waals surface area contributed by atoms with Gasteiger partial charge < -0.3 is 9.84 Å². The van der Waals surface area contributed by atoms with Crippen LogP contribution in [0.25, 0.3) is 0 Å². The van der Waals surface area contributed by atoms with Crippen LogP contribution in [0.15, 0.2) is 47.6 Å². The molecule has 8 heteroatoms. The highest BCUT2D eigenvalue weighted by atomic mass is 19.3. The topological polar surface area (TPSA) is 29.5 Å². The third-order valence-corrected chi connectivity index (χ3v) is 3.50. The Hall–Kier alpha value is -2.12. The molecule has 0 spiro atoms. The van der Waals surface area contributed by atoms with E-state index in [0.29, 0.717) is 6.08 Å². The number of ether oxygens (including phenoxy) is 1. The van der Waals surface area contributed by atoms with E-state index in [-0.39, 0.29) is 24.7 Å². The first-order valence-corrected chi connectivity index (χ1v) is 7.06. The van der Waals surface area contributed by atoms with Gasteiger partial charge in [-0.1, -0.05) is 19.4 Å². The number of rotatable bonds is 5. The van der Waals surface area contributed by atoms with E-state index in [4.69, 9.17) is 5.11 Å². The van der Waals surface area contributed by atoms with E-state index >= 15 is 0 Å². The zero-order valence-electron chi connectivity index (χ0n) is 12.5. The molecule has 132 valence electrons. The predicted octanol–water partition coefficient (Wildman–Crippen LogP) is 5.30. The molecule has 0 heterocycles. The molecule has 0 atom stereocenters. The van der Waals surface area contributed by atoms with Crippen molar-refractivity contribution in [1.29, 1.82) is 0 Å². The second kappa shape index (κ2) is 6.07. The number of benzene rings is 1. The van der Waals surface area contributed by atoms with Gasteiger partial charge in [-0.3, -0.25) is 0 Å². The molecule has 1 N–H and O–H groups in total. The maximum atomic E-state index is 14.1. The Kier molecular flexibility index (Phi) is 4.61. The van der Waals surface area contributed by atoms with E-state index < -0.39 is 34.8 Å². The second-order valence-electron chi connectivity index (χ2n) is 5.28. The zero-order chi connectivity index (χ0) is 18.2. The molecule has 0 saturated heterocycles. The molecule has 2 rings (SSSR count). The third-order valence-electron chi connectivity index (χ3n) is 3.50. The summed E-state index contributed by atoms with van der Waals surface area (Å²) in [5.74, 6) is -10.6. The maximum absolute atomic E-state index is 14.1. The normalized spacial score (nSPS) is 19.5. The van der Waals surface area contributed by atoms with Gasteiger partial charge in [0.2, 0.25) is 0 Å². The number of aromatic hydroxyl groups is 1. The Bertz CT molecular complexity index is 662. The molecular formula is C16H14F6O2. The average Bonchev–Trinajstić information content (AvgIpc) is 2.46. The minimum absolute atomic E-state index is 0.168. The molecule has 1 aromatic carbocycles. The van der Waals surface area contributed by atoms with Crippen LogP contribution in [0, 0.1) is 0 Å². The monoisotopic (exact) mass is 352 g/mol. The van der Waals surface area contributed by atoms with Gasteiger partial charge in [0.1, 0.15) is 17.1 Å². The summed E-state index contributed by atoms with van der Waals surface area (Å²) in [6.07, 6.45) is -3.96. The molecule has 0 fully saturated rings. The van der Waals surface area contributed by atoms with Gasteiger partial charge in [0.25, 0.3) is 0 Å². The van der Waals surface area contributed by atoms with E-state index in [1.807, 2.05) is 0 Å². The van der Waals surface area contributed by atoms with Crippen LogP contribution in [0.3, 0.4) is 0 Å². The fourth-order valence-electron chi connectivity index (χ4n) is 2.27. The third kappa shape index (κ3) is 3.09. The number of alkyl halides is 6. The quantitative estimate of drug-likeness (QED) is 0.729. The summed E-state index contributed by atoms with van der Waals surface area (Å²) in [5, 5.41) is 9.05. The van der Waals surface area contributed by atoms with E-state index in [9.17, 15) is 26.3 Å². The van der Waals surface area contributed by atoms with Crippen molar-refractivity contribution in [2.24, 2.45) is 0 Å². The SMILES string of the molecule is CCCC1=CC=C(C(F)(F)Oc2ccc(O)cc2)C(F)(F)C1(F)F. The molecule has 1 aliphatic carbocycles. The lowest BCUT2D eigenvalue weighted by Gasteiger charge is -2.35. The van der Waals surface area contributed by atoms with E-state index in [1.165, 1.54) is 6.92 Å². The van der Waals surface area contributed by atoms with Crippen LogP contribution in [0.4, 0.5) is 26.3 Å². The number of hydrogen-bond donors (Lipinski definition) is 1. The van der Waals surface area contributed by atoms with Gasteiger partial charge in [0.05, 0.1) is 0 Å². The number of phenols is 1. The van der Waals surface area contributed by atoms with Crippen molar-refractivity contribution in [2.75, 3.05) is 0 Å². The fraction of sp³-hybridized carbons (Fsp3) is 0.375. The smallest absolute Gasteiger partial charge is 0.428 e. The molecule has 1 aliphatic rings. The molecule has 24 heavy (non-hydrogen) atoms. The van der Waals surface area contributed by atoms with Crippen molar-refractivity contribution in [3.8, 4) is 11.5 Å². The Morgan fingerprint density at radius 1 is 1.00 bits per heavy atom. The molecule has 0 aliphatic heterocycles. The van der Waals surface area contributed by atoms with Gasteiger partial charge in [-0.05, 0) is 36.8 Å². The van der Waals surface area contributed by atoms with Crippen LogP contribution in [0.2, 0.25) is 0 Å². The van der Waals surface area contributed by atoms with E-state index in [2.05, 4.69) is 4.74 Å². The average molecular weight is 352 g/mol. The number of hydrogen-bond acceptors (Lipinski definition) is 2. The summed E-state index contributed by atoms with van der Waals surface area (Å²) in [5.41, 5.74) is -3.02. The molecule has 0 unspecified atom stereocenters. The standard InChI is InChI=1S/C16H14F6O2/c1-2-3-10-4-9-13(15(19,20)14(10,17)18)16(21,22)24-12-7-5-11(23)6-8-12/h4-9,23H,2-3H2,1H3. The lowest BCUT2D eigenvalue weighted by molar-refractivity contribution is -0.220. The first kappa shape index (κ1) is 18.2. The van der Waals surface area contributed by atoms with Gasteiger partial charge in [-0.25, -0.2) is 0 Å². The molecule has 0 bridgehead atoms. The second-order valence-corrected chi connectivity index (χ2v) is 5.28. The lowest BCUT2D eigenvalue weighted by atomic mass is 9.87. The van der Waals surface area contributed by atoms with Gasteiger partial charge in [-0.15, -0.1) is 0 Å². The maximum Gasteiger partial charge on any atom is 0.428 e. The largest absolute Gasteiger partial charge is 0.508 e. The first-order chi connectivity index (χ1) is 11.0.